The first-order valence-electron chi connectivity index (χ1n) is 4.90. The molecule has 80 valence electrons. The van der Waals surface area contributed by atoms with Crippen molar-refractivity contribution in [2.45, 2.75) is 6.42 Å². The molecule has 0 saturated carbocycles. The Balaban J connectivity index is 2.31. The standard InChI is InChI=1S/C12H11N3O/c13-12(16)11-4-6-14-8-9(11)7-10-3-1-2-5-15-10/h1-6,8H,7H2,(H2,13,16). The molecule has 0 fully saturated rings. The lowest BCUT2D eigenvalue weighted by Gasteiger charge is -2.04. The molecule has 0 spiro atoms. The fraction of sp³-hybridized carbons (Fsp3) is 0.0833. The summed E-state index contributed by atoms with van der Waals surface area (Å²) in [5.74, 6) is -0.437. The van der Waals surface area contributed by atoms with Crippen LogP contribution in [0.1, 0.15) is 21.6 Å². The molecule has 16 heavy (non-hydrogen) atoms. The first kappa shape index (κ1) is 10.3. The number of carbonyl (C=O) groups excluding carboxylic acids is 1. The molecule has 4 nitrogen and oxygen atoms in total. The van der Waals surface area contributed by atoms with Gasteiger partial charge in [0.2, 0.25) is 5.91 Å². The molecule has 4 heteroatoms. The Morgan fingerprint density at radius 2 is 2.12 bits per heavy atom. The number of nitrogens with two attached hydrogens (primary N) is 1. The lowest BCUT2D eigenvalue weighted by molar-refractivity contribution is 0.0999. The minimum atomic E-state index is -0.437. The molecule has 0 aliphatic rings. The predicted molar refractivity (Wildman–Crippen MR) is 59.8 cm³/mol. The van der Waals surface area contributed by atoms with Crippen molar-refractivity contribution in [1.82, 2.24) is 9.97 Å². The van der Waals surface area contributed by atoms with E-state index in [0.29, 0.717) is 12.0 Å². The van der Waals surface area contributed by atoms with Gasteiger partial charge in [0.15, 0.2) is 0 Å². The van der Waals surface area contributed by atoms with Crippen molar-refractivity contribution in [2.75, 3.05) is 0 Å². The van der Waals surface area contributed by atoms with Crippen LogP contribution in [-0.2, 0) is 6.42 Å². The average Bonchev–Trinajstić information content (AvgIpc) is 2.31. The van der Waals surface area contributed by atoms with Gasteiger partial charge in [-0.25, -0.2) is 0 Å². The molecular weight excluding hydrogens is 202 g/mol. The number of pyridine rings is 2. The maximum absolute atomic E-state index is 11.2. The van der Waals surface area contributed by atoms with E-state index in [-0.39, 0.29) is 0 Å². The number of rotatable bonds is 3. The molecule has 0 aliphatic carbocycles. The van der Waals surface area contributed by atoms with Gasteiger partial charge in [0.25, 0.3) is 0 Å². The number of hydrogen-bond acceptors (Lipinski definition) is 3. The number of aromatic nitrogens is 2. The summed E-state index contributed by atoms with van der Waals surface area (Å²) < 4.78 is 0. The number of amides is 1. The zero-order valence-electron chi connectivity index (χ0n) is 8.63. The maximum Gasteiger partial charge on any atom is 0.249 e. The molecule has 2 aromatic rings. The molecule has 1 amide bonds. The van der Waals surface area contributed by atoms with Crippen molar-refractivity contribution < 1.29 is 4.79 Å². The second-order valence-corrected chi connectivity index (χ2v) is 3.39. The zero-order chi connectivity index (χ0) is 11.4. The lowest BCUT2D eigenvalue weighted by Crippen LogP contribution is -2.14. The summed E-state index contributed by atoms with van der Waals surface area (Å²) in [4.78, 5) is 19.4. The van der Waals surface area contributed by atoms with Gasteiger partial charge in [-0.3, -0.25) is 14.8 Å². The van der Waals surface area contributed by atoms with Gasteiger partial charge < -0.3 is 5.73 Å². The molecule has 0 atom stereocenters. The monoisotopic (exact) mass is 213 g/mol. The first-order chi connectivity index (χ1) is 7.77. The average molecular weight is 213 g/mol. The summed E-state index contributed by atoms with van der Waals surface area (Å²) >= 11 is 0. The highest BCUT2D eigenvalue weighted by Crippen LogP contribution is 2.10. The first-order valence-corrected chi connectivity index (χ1v) is 4.90. The van der Waals surface area contributed by atoms with E-state index in [9.17, 15) is 4.79 Å². The number of nitrogens with zero attached hydrogens (tertiary/aromatic N) is 2. The summed E-state index contributed by atoms with van der Waals surface area (Å²) in [5.41, 5.74) is 7.47. The third-order valence-electron chi connectivity index (χ3n) is 2.27. The minimum Gasteiger partial charge on any atom is -0.366 e. The molecule has 0 bridgehead atoms. The maximum atomic E-state index is 11.2. The van der Waals surface area contributed by atoms with Crippen molar-refractivity contribution in [2.24, 2.45) is 5.73 Å². The Morgan fingerprint density at radius 3 is 2.81 bits per heavy atom. The Morgan fingerprint density at radius 1 is 1.25 bits per heavy atom. The van der Waals surface area contributed by atoms with Crippen LogP contribution in [0.4, 0.5) is 0 Å². The second kappa shape index (κ2) is 4.53. The smallest absolute Gasteiger partial charge is 0.249 e. The summed E-state index contributed by atoms with van der Waals surface area (Å²) in [5, 5.41) is 0. The van der Waals surface area contributed by atoms with E-state index >= 15 is 0 Å². The van der Waals surface area contributed by atoms with Crippen LogP contribution in [0.3, 0.4) is 0 Å². The van der Waals surface area contributed by atoms with Crippen LogP contribution < -0.4 is 5.73 Å². The molecule has 0 aliphatic heterocycles. The highest BCUT2D eigenvalue weighted by Gasteiger charge is 2.08. The molecule has 2 rings (SSSR count). The van der Waals surface area contributed by atoms with Crippen LogP contribution in [0.2, 0.25) is 0 Å². The summed E-state index contributed by atoms with van der Waals surface area (Å²) in [6.45, 7) is 0. The van der Waals surface area contributed by atoms with E-state index in [1.807, 2.05) is 18.2 Å². The van der Waals surface area contributed by atoms with Crippen molar-refractivity contribution >= 4 is 5.91 Å². The third-order valence-corrected chi connectivity index (χ3v) is 2.27. The Labute approximate surface area is 93.2 Å². The molecule has 0 saturated heterocycles. The SMILES string of the molecule is NC(=O)c1ccncc1Cc1ccccn1. The van der Waals surface area contributed by atoms with Crippen LogP contribution in [0.15, 0.2) is 42.9 Å². The van der Waals surface area contributed by atoms with Gasteiger partial charge in [-0.2, -0.15) is 0 Å². The Hall–Kier alpha value is -2.23. The van der Waals surface area contributed by atoms with Crippen LogP contribution in [0.25, 0.3) is 0 Å². The normalized spacial score (nSPS) is 10.0. The number of carbonyl (C=O) groups is 1. The summed E-state index contributed by atoms with van der Waals surface area (Å²) in [6.07, 6.45) is 5.49. The van der Waals surface area contributed by atoms with Gasteiger partial charge >= 0.3 is 0 Å². The van der Waals surface area contributed by atoms with E-state index in [0.717, 1.165) is 11.3 Å². The highest BCUT2D eigenvalue weighted by molar-refractivity contribution is 5.94. The van der Waals surface area contributed by atoms with E-state index < -0.39 is 5.91 Å². The van der Waals surface area contributed by atoms with Crippen molar-refractivity contribution in [3.8, 4) is 0 Å². The molecule has 0 aromatic carbocycles. The lowest BCUT2D eigenvalue weighted by atomic mass is 10.1. The van der Waals surface area contributed by atoms with E-state index in [2.05, 4.69) is 9.97 Å². The molecule has 0 radical (unpaired) electrons. The van der Waals surface area contributed by atoms with E-state index in [1.165, 1.54) is 0 Å². The van der Waals surface area contributed by atoms with Crippen LogP contribution in [0, 0.1) is 0 Å². The second-order valence-electron chi connectivity index (χ2n) is 3.39. The Bertz CT molecular complexity index is 497. The van der Waals surface area contributed by atoms with Crippen molar-refractivity contribution in [3.05, 3.63) is 59.7 Å². The summed E-state index contributed by atoms with van der Waals surface area (Å²) in [6, 6.07) is 7.28. The minimum absolute atomic E-state index is 0.437. The molecular formula is C12H11N3O. The highest BCUT2D eigenvalue weighted by atomic mass is 16.1. The molecule has 0 unspecified atom stereocenters. The van der Waals surface area contributed by atoms with Crippen molar-refractivity contribution in [1.29, 1.82) is 0 Å². The van der Waals surface area contributed by atoms with Crippen LogP contribution in [0.5, 0.6) is 0 Å². The molecule has 2 heterocycles. The largest absolute Gasteiger partial charge is 0.366 e. The topological polar surface area (TPSA) is 68.9 Å². The van der Waals surface area contributed by atoms with Gasteiger partial charge in [-0.15, -0.1) is 0 Å². The van der Waals surface area contributed by atoms with Crippen molar-refractivity contribution in [3.63, 3.8) is 0 Å². The van der Waals surface area contributed by atoms with E-state index in [1.54, 1.807) is 24.7 Å². The van der Waals surface area contributed by atoms with Crippen LogP contribution in [-0.4, -0.2) is 15.9 Å². The third kappa shape index (κ3) is 2.23. The van der Waals surface area contributed by atoms with Gasteiger partial charge in [-0.1, -0.05) is 6.07 Å². The molecule has 2 aromatic heterocycles. The van der Waals surface area contributed by atoms with E-state index in [4.69, 9.17) is 5.73 Å². The predicted octanol–water partition coefficient (Wildman–Crippen LogP) is 1.17. The fourth-order valence-electron chi connectivity index (χ4n) is 1.51. The fourth-order valence-corrected chi connectivity index (χ4v) is 1.51. The van der Waals surface area contributed by atoms with Gasteiger partial charge in [0.1, 0.15) is 0 Å². The summed E-state index contributed by atoms with van der Waals surface area (Å²) in [7, 11) is 0. The number of hydrogen-bond donors (Lipinski definition) is 1. The van der Waals surface area contributed by atoms with Gasteiger partial charge in [-0.05, 0) is 23.8 Å². The van der Waals surface area contributed by atoms with Gasteiger partial charge in [0, 0.05) is 36.3 Å². The molecule has 2 N–H and O–H groups in total. The van der Waals surface area contributed by atoms with Crippen LogP contribution >= 0.6 is 0 Å². The quantitative estimate of drug-likeness (QED) is 0.832. The zero-order valence-corrected chi connectivity index (χ0v) is 8.63. The van der Waals surface area contributed by atoms with Gasteiger partial charge in [0.05, 0.1) is 0 Å². The Kier molecular flexibility index (Phi) is 2.91. The number of primary amides is 1.